The fourth-order valence-electron chi connectivity index (χ4n) is 7.66. The summed E-state index contributed by atoms with van der Waals surface area (Å²) in [6.07, 6.45) is 8.06. The lowest BCUT2D eigenvalue weighted by atomic mass is 10.1. The first-order valence-electron chi connectivity index (χ1n) is 15.5. The number of hydrogen-bond acceptors (Lipinski definition) is 5. The molecule has 0 radical (unpaired) electrons. The summed E-state index contributed by atoms with van der Waals surface area (Å²) in [5.41, 5.74) is 13.6. The van der Waals surface area contributed by atoms with Crippen molar-refractivity contribution in [3.05, 3.63) is 77.6 Å². The third-order valence-electron chi connectivity index (χ3n) is 10.3. The van der Waals surface area contributed by atoms with Crippen LogP contribution in [-0.2, 0) is 6.54 Å². The van der Waals surface area contributed by atoms with Crippen molar-refractivity contribution in [3.63, 3.8) is 0 Å². The van der Waals surface area contributed by atoms with Crippen LogP contribution in [0.25, 0.3) is 44.6 Å². The molecule has 0 spiro atoms. The Morgan fingerprint density at radius 3 is 2.64 bits per heavy atom. The minimum absolute atomic E-state index is 0.00905. The summed E-state index contributed by atoms with van der Waals surface area (Å²) in [5, 5.41) is 14.5. The topological polar surface area (TPSA) is 98.8 Å². The van der Waals surface area contributed by atoms with Crippen molar-refractivity contribution in [1.82, 2.24) is 33.7 Å². The van der Waals surface area contributed by atoms with E-state index < -0.39 is 5.82 Å². The van der Waals surface area contributed by atoms with E-state index in [2.05, 4.69) is 51.2 Å². The monoisotopic (exact) mass is 588 g/mol. The standard InChI is InChI=1S/C34H33FN8O/c1-18-32(39-43-17-25(11-26(35)33(18)43)34(44)42-16-24-7-8-27(42)31(24)36)29-13-23-6-5-21(12-28(23)41(29)15-20-3-4-20)22-9-10-40-19(2)37-38-30(40)14-22/h5-6,9-14,17,20,24,27,31H,3-4,7-8,15-16,36H2,1-2H3/t24?,27?,31-/m1/s1. The highest BCUT2D eigenvalue weighted by Crippen LogP contribution is 2.40. The molecule has 1 aliphatic heterocycles. The lowest BCUT2D eigenvalue weighted by Crippen LogP contribution is -2.41. The van der Waals surface area contributed by atoms with Crippen LogP contribution in [0.2, 0.25) is 0 Å². The molecule has 3 atom stereocenters. The first-order chi connectivity index (χ1) is 21.3. The van der Waals surface area contributed by atoms with Gasteiger partial charge in [0.25, 0.3) is 5.91 Å². The van der Waals surface area contributed by atoms with E-state index in [0.29, 0.717) is 29.5 Å². The molecule has 2 N–H and O–H groups in total. The van der Waals surface area contributed by atoms with Crippen LogP contribution in [0.4, 0.5) is 4.39 Å². The van der Waals surface area contributed by atoms with Crippen molar-refractivity contribution < 1.29 is 9.18 Å². The van der Waals surface area contributed by atoms with E-state index in [1.54, 1.807) is 10.7 Å². The third-order valence-corrected chi connectivity index (χ3v) is 10.3. The maximum absolute atomic E-state index is 15.8. The van der Waals surface area contributed by atoms with E-state index in [9.17, 15) is 4.79 Å². The van der Waals surface area contributed by atoms with Gasteiger partial charge in [0.15, 0.2) is 5.65 Å². The van der Waals surface area contributed by atoms with Gasteiger partial charge in [-0.3, -0.25) is 9.20 Å². The molecule has 10 heteroatoms. The quantitative estimate of drug-likeness (QED) is 0.291. The van der Waals surface area contributed by atoms with Gasteiger partial charge in [0.05, 0.1) is 11.3 Å². The van der Waals surface area contributed by atoms with Crippen LogP contribution in [0.5, 0.6) is 0 Å². The zero-order valence-electron chi connectivity index (χ0n) is 24.7. The SMILES string of the molecule is Cc1c(-c2cc3ccc(-c4ccn5c(C)nnc5c4)cc3n2CC2CC2)nn2cc(C(=O)N3CC4CCC3[C@@H]4N)cc(F)c12. The molecule has 1 aromatic carbocycles. The molecule has 1 saturated heterocycles. The number of carbonyl (C=O) groups excluding carboxylic acids is 1. The fourth-order valence-corrected chi connectivity index (χ4v) is 7.66. The minimum Gasteiger partial charge on any atom is -0.339 e. The third kappa shape index (κ3) is 3.79. The van der Waals surface area contributed by atoms with Gasteiger partial charge in [-0.15, -0.1) is 10.2 Å². The van der Waals surface area contributed by atoms with Crippen LogP contribution in [-0.4, -0.2) is 58.2 Å². The van der Waals surface area contributed by atoms with Crippen LogP contribution in [0.3, 0.4) is 0 Å². The summed E-state index contributed by atoms with van der Waals surface area (Å²) in [5.74, 6) is 1.20. The molecule has 3 fully saturated rings. The number of pyridine rings is 2. The predicted octanol–water partition coefficient (Wildman–Crippen LogP) is 5.39. The van der Waals surface area contributed by atoms with Crippen LogP contribution in [0, 0.1) is 31.5 Å². The van der Waals surface area contributed by atoms with Gasteiger partial charge in [0.2, 0.25) is 0 Å². The Morgan fingerprint density at radius 1 is 1.02 bits per heavy atom. The Bertz CT molecular complexity index is 2150. The molecule has 1 amide bonds. The largest absolute Gasteiger partial charge is 0.339 e. The Morgan fingerprint density at radius 2 is 1.86 bits per heavy atom. The number of likely N-dealkylation sites (tertiary alicyclic amines) is 1. The molecule has 5 aromatic heterocycles. The number of benzene rings is 1. The van der Waals surface area contributed by atoms with Crippen molar-refractivity contribution in [2.24, 2.45) is 17.6 Å². The molecule has 2 unspecified atom stereocenters. The van der Waals surface area contributed by atoms with Crippen molar-refractivity contribution in [2.75, 3.05) is 6.54 Å². The van der Waals surface area contributed by atoms with Gasteiger partial charge in [0, 0.05) is 54.0 Å². The summed E-state index contributed by atoms with van der Waals surface area (Å²) in [6.45, 7) is 5.38. The molecule has 44 heavy (non-hydrogen) atoms. The van der Waals surface area contributed by atoms with Gasteiger partial charge in [-0.25, -0.2) is 8.91 Å². The Labute approximate surface area is 253 Å². The van der Waals surface area contributed by atoms with E-state index in [1.807, 2.05) is 29.3 Å². The van der Waals surface area contributed by atoms with Crippen LogP contribution in [0.15, 0.2) is 54.9 Å². The van der Waals surface area contributed by atoms with Crippen molar-refractivity contribution in [2.45, 2.75) is 58.2 Å². The number of rotatable bonds is 5. The molecule has 6 aromatic rings. The number of nitrogens with zero attached hydrogens (tertiary/aromatic N) is 7. The molecule has 2 saturated carbocycles. The number of nitrogens with two attached hydrogens (primary N) is 1. The number of piperidine rings is 1. The highest BCUT2D eigenvalue weighted by molar-refractivity contribution is 5.95. The van der Waals surface area contributed by atoms with Crippen molar-refractivity contribution >= 4 is 28.0 Å². The molecule has 9 nitrogen and oxygen atoms in total. The minimum atomic E-state index is -0.438. The first-order valence-corrected chi connectivity index (χ1v) is 15.5. The smallest absolute Gasteiger partial charge is 0.255 e. The maximum Gasteiger partial charge on any atom is 0.255 e. The fraction of sp³-hybridized carbons (Fsp3) is 0.353. The number of halogens is 1. The molecule has 2 aliphatic carbocycles. The molecule has 6 heterocycles. The summed E-state index contributed by atoms with van der Waals surface area (Å²) in [4.78, 5) is 15.3. The first kappa shape index (κ1) is 25.9. The molecular weight excluding hydrogens is 555 g/mol. The average Bonchev–Trinajstić information content (AvgIpc) is 3.24. The van der Waals surface area contributed by atoms with Gasteiger partial charge in [0.1, 0.15) is 22.9 Å². The summed E-state index contributed by atoms with van der Waals surface area (Å²) < 4.78 is 21.6. The average molecular weight is 589 g/mol. The normalized spacial score (nSPS) is 21.5. The second-order valence-corrected chi connectivity index (χ2v) is 13.0. The molecule has 222 valence electrons. The van der Waals surface area contributed by atoms with Gasteiger partial charge >= 0.3 is 0 Å². The van der Waals surface area contributed by atoms with E-state index in [1.165, 1.54) is 18.9 Å². The predicted molar refractivity (Wildman–Crippen MR) is 166 cm³/mol. The van der Waals surface area contributed by atoms with E-state index in [4.69, 9.17) is 10.8 Å². The summed E-state index contributed by atoms with van der Waals surface area (Å²) in [7, 11) is 0. The molecule has 9 rings (SSSR count). The Kier molecular flexibility index (Phi) is 5.42. The molecule has 2 bridgehead atoms. The van der Waals surface area contributed by atoms with E-state index in [-0.39, 0.29) is 18.0 Å². The second kappa shape index (κ2) is 9.22. The van der Waals surface area contributed by atoms with E-state index in [0.717, 1.165) is 69.8 Å². The highest BCUT2D eigenvalue weighted by atomic mass is 19.1. The van der Waals surface area contributed by atoms with Gasteiger partial charge in [-0.2, -0.15) is 5.10 Å². The van der Waals surface area contributed by atoms with E-state index >= 15 is 4.39 Å². The molecular formula is C34H33FN8O. The zero-order valence-corrected chi connectivity index (χ0v) is 24.7. The zero-order chi connectivity index (χ0) is 29.9. The number of amides is 1. The van der Waals surface area contributed by atoms with Crippen LogP contribution >= 0.6 is 0 Å². The Hall–Kier alpha value is -4.57. The highest BCUT2D eigenvalue weighted by Gasteiger charge is 2.47. The Balaban J connectivity index is 1.14. The lowest BCUT2D eigenvalue weighted by Gasteiger charge is -2.27. The number of carbonyl (C=O) groups is 1. The lowest BCUT2D eigenvalue weighted by molar-refractivity contribution is 0.0699. The van der Waals surface area contributed by atoms with Gasteiger partial charge < -0.3 is 15.2 Å². The number of aryl methyl sites for hydroxylation is 2. The number of hydrogen-bond donors (Lipinski definition) is 1. The second-order valence-electron chi connectivity index (χ2n) is 13.0. The maximum atomic E-state index is 15.8. The number of aromatic nitrogens is 6. The summed E-state index contributed by atoms with van der Waals surface area (Å²) in [6, 6.07) is 14.2. The van der Waals surface area contributed by atoms with Crippen LogP contribution < -0.4 is 5.73 Å². The molecule has 3 aliphatic rings. The van der Waals surface area contributed by atoms with Crippen LogP contribution in [0.1, 0.15) is 47.4 Å². The van der Waals surface area contributed by atoms with Gasteiger partial charge in [-0.1, -0.05) is 12.1 Å². The number of fused-ring (bicyclic) bond motifs is 5. The van der Waals surface area contributed by atoms with Crippen molar-refractivity contribution in [3.8, 4) is 22.5 Å². The van der Waals surface area contributed by atoms with Crippen molar-refractivity contribution in [1.29, 1.82) is 0 Å². The van der Waals surface area contributed by atoms with Gasteiger partial charge in [-0.05, 0) is 92.8 Å². The summed E-state index contributed by atoms with van der Waals surface area (Å²) >= 11 is 0.